The first-order chi connectivity index (χ1) is 6.79. The Hall–Kier alpha value is -1.00. The van der Waals surface area contributed by atoms with E-state index in [4.69, 9.17) is 0 Å². The monoisotopic (exact) mass is 193 g/mol. The quantitative estimate of drug-likeness (QED) is 0.730. The molecule has 0 spiro atoms. The van der Waals surface area contributed by atoms with E-state index < -0.39 is 5.60 Å². The third kappa shape index (κ3) is 2.27. The van der Waals surface area contributed by atoms with Crippen molar-refractivity contribution in [3.05, 3.63) is 24.3 Å². The van der Waals surface area contributed by atoms with Gasteiger partial charge in [0.2, 0.25) is 0 Å². The van der Waals surface area contributed by atoms with Gasteiger partial charge in [-0.1, -0.05) is 0 Å². The molecule has 0 aromatic carbocycles. The highest BCUT2D eigenvalue weighted by molar-refractivity contribution is 4.92. The minimum absolute atomic E-state index is 0.464. The first kappa shape index (κ1) is 9.55. The number of hydrogen-bond donors (Lipinski definition) is 2. The summed E-state index contributed by atoms with van der Waals surface area (Å²) >= 11 is 0. The highest BCUT2D eigenvalue weighted by Gasteiger charge is 2.33. The summed E-state index contributed by atoms with van der Waals surface area (Å²) in [6.07, 6.45) is 6.41. The molecule has 14 heavy (non-hydrogen) atoms. The van der Waals surface area contributed by atoms with Crippen LogP contribution < -0.4 is 5.32 Å². The molecule has 0 radical (unpaired) electrons. The summed E-state index contributed by atoms with van der Waals surface area (Å²) in [5.41, 5.74) is -0.464. The fourth-order valence-corrected chi connectivity index (χ4v) is 1.59. The van der Waals surface area contributed by atoms with E-state index in [1.54, 1.807) is 18.5 Å². The minimum Gasteiger partial charge on any atom is -0.389 e. The van der Waals surface area contributed by atoms with Gasteiger partial charge in [-0.15, -0.1) is 0 Å². The third-order valence-electron chi connectivity index (χ3n) is 2.64. The maximum Gasteiger partial charge on any atom is 0.141 e. The topological polar surface area (TPSA) is 58.0 Å². The Labute approximate surface area is 83.4 Å². The van der Waals surface area contributed by atoms with E-state index in [0.717, 1.165) is 25.1 Å². The lowest BCUT2D eigenvalue weighted by Gasteiger charge is -2.36. The number of rotatable bonds is 4. The van der Waals surface area contributed by atoms with Crippen molar-refractivity contribution >= 4 is 0 Å². The van der Waals surface area contributed by atoms with Crippen LogP contribution in [0.4, 0.5) is 0 Å². The second-order valence-electron chi connectivity index (χ2n) is 3.85. The Bertz CT molecular complexity index is 285. The van der Waals surface area contributed by atoms with Gasteiger partial charge in [-0.05, 0) is 25.3 Å². The van der Waals surface area contributed by atoms with E-state index >= 15 is 0 Å². The molecule has 1 saturated carbocycles. The van der Waals surface area contributed by atoms with Gasteiger partial charge in [0.1, 0.15) is 5.82 Å². The van der Waals surface area contributed by atoms with E-state index in [1.807, 2.05) is 0 Å². The van der Waals surface area contributed by atoms with Crippen molar-refractivity contribution < 1.29 is 5.11 Å². The summed E-state index contributed by atoms with van der Waals surface area (Å²) in [6, 6.07) is 1.79. The average molecular weight is 193 g/mol. The van der Waals surface area contributed by atoms with Crippen LogP contribution in [-0.4, -0.2) is 27.2 Å². The number of nitrogens with one attached hydrogen (secondary N) is 1. The highest BCUT2D eigenvalue weighted by atomic mass is 16.3. The summed E-state index contributed by atoms with van der Waals surface area (Å²) in [7, 11) is 0. The van der Waals surface area contributed by atoms with E-state index in [-0.39, 0.29) is 0 Å². The van der Waals surface area contributed by atoms with Crippen molar-refractivity contribution in [2.45, 2.75) is 31.4 Å². The lowest BCUT2D eigenvalue weighted by atomic mass is 9.80. The van der Waals surface area contributed by atoms with Crippen LogP contribution in [-0.2, 0) is 6.54 Å². The predicted molar refractivity (Wildman–Crippen MR) is 52.5 cm³/mol. The van der Waals surface area contributed by atoms with Crippen LogP contribution in [0.3, 0.4) is 0 Å². The van der Waals surface area contributed by atoms with E-state index in [2.05, 4.69) is 15.3 Å². The standard InChI is InChI=1S/C10H15N3O/c14-10(3-1-4-10)8-11-7-9-12-5-2-6-13-9/h2,5-6,11,14H,1,3-4,7-8H2. The summed E-state index contributed by atoms with van der Waals surface area (Å²) in [5.74, 6) is 0.774. The number of hydrogen-bond acceptors (Lipinski definition) is 4. The Kier molecular flexibility index (Phi) is 2.74. The molecular formula is C10H15N3O. The van der Waals surface area contributed by atoms with Gasteiger partial charge in [0, 0.05) is 18.9 Å². The summed E-state index contributed by atoms with van der Waals surface area (Å²) < 4.78 is 0. The van der Waals surface area contributed by atoms with Gasteiger partial charge >= 0.3 is 0 Å². The molecule has 1 aromatic rings. The Morgan fingerprint density at radius 3 is 2.64 bits per heavy atom. The molecule has 0 aliphatic heterocycles. The third-order valence-corrected chi connectivity index (χ3v) is 2.64. The summed E-state index contributed by atoms with van der Waals surface area (Å²) in [4.78, 5) is 8.17. The smallest absolute Gasteiger partial charge is 0.141 e. The van der Waals surface area contributed by atoms with Gasteiger partial charge in [0.25, 0.3) is 0 Å². The van der Waals surface area contributed by atoms with Crippen LogP contribution >= 0.6 is 0 Å². The van der Waals surface area contributed by atoms with Crippen LogP contribution in [0.25, 0.3) is 0 Å². The first-order valence-electron chi connectivity index (χ1n) is 4.98. The second-order valence-corrected chi connectivity index (χ2v) is 3.85. The lowest BCUT2D eigenvalue weighted by molar-refractivity contribution is -0.0315. The van der Waals surface area contributed by atoms with Gasteiger partial charge in [0.05, 0.1) is 12.1 Å². The summed E-state index contributed by atoms with van der Waals surface area (Å²) in [6.45, 7) is 1.27. The normalized spacial score (nSPS) is 18.9. The molecule has 2 rings (SSSR count). The van der Waals surface area contributed by atoms with Crippen molar-refractivity contribution in [1.82, 2.24) is 15.3 Å². The molecule has 1 aliphatic rings. The van der Waals surface area contributed by atoms with Crippen molar-refractivity contribution in [1.29, 1.82) is 0 Å². The van der Waals surface area contributed by atoms with Crippen LogP contribution in [0, 0.1) is 0 Å². The molecule has 1 aromatic heterocycles. The summed E-state index contributed by atoms with van der Waals surface area (Å²) in [5, 5.41) is 13.0. The van der Waals surface area contributed by atoms with Crippen LogP contribution in [0.1, 0.15) is 25.1 Å². The molecule has 4 heteroatoms. The van der Waals surface area contributed by atoms with Gasteiger partial charge in [-0.3, -0.25) is 0 Å². The molecule has 1 heterocycles. The lowest BCUT2D eigenvalue weighted by Crippen LogP contribution is -2.46. The first-order valence-corrected chi connectivity index (χ1v) is 4.98. The van der Waals surface area contributed by atoms with Crippen molar-refractivity contribution in [3.8, 4) is 0 Å². The number of nitrogens with zero attached hydrogens (tertiary/aromatic N) is 2. The van der Waals surface area contributed by atoms with Crippen molar-refractivity contribution in [3.63, 3.8) is 0 Å². The molecule has 76 valence electrons. The predicted octanol–water partition coefficient (Wildman–Crippen LogP) is 0.481. The van der Waals surface area contributed by atoms with Crippen LogP contribution in [0.15, 0.2) is 18.5 Å². The maximum absolute atomic E-state index is 9.78. The zero-order valence-electron chi connectivity index (χ0n) is 8.11. The van der Waals surface area contributed by atoms with Gasteiger partial charge < -0.3 is 10.4 Å². The molecule has 1 fully saturated rings. The Morgan fingerprint density at radius 1 is 1.36 bits per heavy atom. The molecule has 2 N–H and O–H groups in total. The van der Waals surface area contributed by atoms with E-state index in [0.29, 0.717) is 13.1 Å². The largest absolute Gasteiger partial charge is 0.389 e. The fourth-order valence-electron chi connectivity index (χ4n) is 1.59. The van der Waals surface area contributed by atoms with E-state index in [9.17, 15) is 5.11 Å². The van der Waals surface area contributed by atoms with Crippen molar-refractivity contribution in [2.75, 3.05) is 6.54 Å². The molecule has 0 atom stereocenters. The van der Waals surface area contributed by atoms with Gasteiger partial charge in [-0.2, -0.15) is 0 Å². The average Bonchev–Trinajstić information content (AvgIpc) is 2.17. The Balaban J connectivity index is 1.73. The van der Waals surface area contributed by atoms with Crippen LogP contribution in [0.2, 0.25) is 0 Å². The highest BCUT2D eigenvalue weighted by Crippen LogP contribution is 2.30. The Morgan fingerprint density at radius 2 is 2.07 bits per heavy atom. The SMILES string of the molecule is OC1(CNCc2ncccn2)CCC1. The molecule has 0 amide bonds. The van der Waals surface area contributed by atoms with Crippen molar-refractivity contribution in [2.24, 2.45) is 0 Å². The molecule has 4 nitrogen and oxygen atoms in total. The molecule has 0 unspecified atom stereocenters. The molecular weight excluding hydrogens is 178 g/mol. The molecule has 1 aliphatic carbocycles. The van der Waals surface area contributed by atoms with E-state index in [1.165, 1.54) is 0 Å². The molecule has 0 bridgehead atoms. The maximum atomic E-state index is 9.78. The number of aliphatic hydroxyl groups is 1. The van der Waals surface area contributed by atoms with Gasteiger partial charge in [-0.25, -0.2) is 9.97 Å². The molecule has 0 saturated heterocycles. The minimum atomic E-state index is -0.464. The second kappa shape index (κ2) is 4.02. The zero-order valence-corrected chi connectivity index (χ0v) is 8.11. The van der Waals surface area contributed by atoms with Gasteiger partial charge in [0.15, 0.2) is 0 Å². The number of aromatic nitrogens is 2. The zero-order chi connectivity index (χ0) is 9.86. The van der Waals surface area contributed by atoms with Crippen LogP contribution in [0.5, 0.6) is 0 Å². The fraction of sp³-hybridized carbons (Fsp3) is 0.600.